The topological polar surface area (TPSA) is 84.2 Å². The molecule has 1 amide bonds. The molecule has 0 saturated heterocycles. The summed E-state index contributed by atoms with van der Waals surface area (Å²) in [6.07, 6.45) is -2.91. The Bertz CT molecular complexity index is 590. The quantitative estimate of drug-likeness (QED) is 0.582. The number of aromatic nitrogens is 1. The molecule has 0 fully saturated rings. The van der Waals surface area contributed by atoms with E-state index < -0.39 is 31.5 Å². The van der Waals surface area contributed by atoms with Gasteiger partial charge in [0.1, 0.15) is 24.0 Å². The minimum absolute atomic E-state index is 0.00602. The summed E-state index contributed by atoms with van der Waals surface area (Å²) in [5, 5.41) is 11.3. The van der Waals surface area contributed by atoms with E-state index in [4.69, 9.17) is 10.00 Å². The number of hydrogen-bond donors (Lipinski definition) is 1. The van der Waals surface area contributed by atoms with Crippen LogP contribution in [0.4, 0.5) is 23.4 Å². The molecule has 126 valence electrons. The Kier molecular flexibility index (Phi) is 6.71. The highest BCUT2D eigenvalue weighted by Gasteiger charge is 2.40. The third-order valence-corrected chi connectivity index (χ3v) is 2.59. The maximum atomic E-state index is 12.6. The van der Waals surface area contributed by atoms with Crippen molar-refractivity contribution in [3.63, 3.8) is 0 Å². The number of methoxy groups -OCH3 is 1. The van der Waals surface area contributed by atoms with Crippen molar-refractivity contribution < 1.29 is 31.8 Å². The average Bonchev–Trinajstić information content (AvgIpc) is 2.51. The zero-order chi connectivity index (χ0) is 17.5. The molecule has 1 heterocycles. The van der Waals surface area contributed by atoms with Gasteiger partial charge in [0.05, 0.1) is 20.1 Å². The number of hydrogen-bond acceptors (Lipinski definition) is 5. The predicted molar refractivity (Wildman–Crippen MR) is 70.5 cm³/mol. The molecule has 0 aliphatic rings. The van der Waals surface area contributed by atoms with Crippen LogP contribution >= 0.6 is 0 Å². The summed E-state index contributed by atoms with van der Waals surface area (Å²) >= 11 is 0. The second kappa shape index (κ2) is 8.28. The number of pyridine rings is 1. The molecule has 0 spiro atoms. The van der Waals surface area contributed by atoms with Crippen molar-refractivity contribution in [1.29, 1.82) is 5.26 Å². The smallest absolute Gasteiger partial charge is 0.330 e. The summed E-state index contributed by atoms with van der Waals surface area (Å²) in [5.74, 6) is -4.80. The van der Waals surface area contributed by atoms with Gasteiger partial charge in [0, 0.05) is 6.20 Å². The number of nitriles is 1. The van der Waals surface area contributed by atoms with E-state index in [0.717, 1.165) is 0 Å². The van der Waals surface area contributed by atoms with Crippen LogP contribution in [-0.2, 0) is 9.53 Å². The maximum Gasteiger partial charge on any atom is 0.330 e. The lowest BCUT2D eigenvalue weighted by atomic mass is 10.2. The standard InChI is InChI=1S/C13H13F4N3O3/c1-22-9-2-4-19-11(8(9)6-18)20-10(21)3-5-23-7-13(16,17)12(14)15/h2,4,12H,3,5,7H2,1H3,(H,19,20,21). The fourth-order valence-electron chi connectivity index (χ4n) is 1.45. The highest BCUT2D eigenvalue weighted by Crippen LogP contribution is 2.24. The number of ether oxygens (including phenoxy) is 2. The van der Waals surface area contributed by atoms with Gasteiger partial charge in [-0.2, -0.15) is 14.0 Å². The third-order valence-electron chi connectivity index (χ3n) is 2.59. The zero-order valence-electron chi connectivity index (χ0n) is 12.0. The van der Waals surface area contributed by atoms with Gasteiger partial charge in [-0.3, -0.25) is 4.79 Å². The largest absolute Gasteiger partial charge is 0.495 e. The normalized spacial score (nSPS) is 11.2. The molecular weight excluding hydrogens is 322 g/mol. The van der Waals surface area contributed by atoms with Gasteiger partial charge >= 0.3 is 12.3 Å². The highest BCUT2D eigenvalue weighted by atomic mass is 19.3. The van der Waals surface area contributed by atoms with Crippen LogP contribution < -0.4 is 10.1 Å². The Morgan fingerprint density at radius 3 is 2.78 bits per heavy atom. The third kappa shape index (κ3) is 5.37. The molecule has 1 N–H and O–H groups in total. The first kappa shape index (κ1) is 18.6. The summed E-state index contributed by atoms with van der Waals surface area (Å²) in [6, 6.07) is 3.22. The molecule has 6 nitrogen and oxygen atoms in total. The van der Waals surface area contributed by atoms with Crippen molar-refractivity contribution >= 4 is 11.7 Å². The Balaban J connectivity index is 2.51. The molecule has 10 heteroatoms. The minimum Gasteiger partial charge on any atom is -0.495 e. The van der Waals surface area contributed by atoms with Crippen LogP contribution in [0.2, 0.25) is 0 Å². The number of amides is 1. The van der Waals surface area contributed by atoms with E-state index in [9.17, 15) is 22.4 Å². The first-order valence-electron chi connectivity index (χ1n) is 6.28. The Morgan fingerprint density at radius 2 is 2.22 bits per heavy atom. The molecule has 0 atom stereocenters. The minimum atomic E-state index is -4.27. The molecule has 1 aromatic heterocycles. The molecule has 1 aromatic rings. The molecular formula is C13H13F4N3O3. The van der Waals surface area contributed by atoms with E-state index in [2.05, 4.69) is 15.0 Å². The first-order chi connectivity index (χ1) is 10.8. The molecule has 0 saturated carbocycles. The van der Waals surface area contributed by atoms with Crippen LogP contribution in [0.25, 0.3) is 0 Å². The molecule has 23 heavy (non-hydrogen) atoms. The van der Waals surface area contributed by atoms with Gasteiger partial charge in [-0.25, -0.2) is 13.8 Å². The summed E-state index contributed by atoms with van der Waals surface area (Å²) in [5.41, 5.74) is -0.00602. The number of anilines is 1. The van der Waals surface area contributed by atoms with E-state index in [1.165, 1.54) is 19.4 Å². The summed E-state index contributed by atoms with van der Waals surface area (Å²) in [4.78, 5) is 15.4. The van der Waals surface area contributed by atoms with Gasteiger partial charge in [0.15, 0.2) is 5.82 Å². The molecule has 0 bridgehead atoms. The Hall–Kier alpha value is -2.41. The highest BCUT2D eigenvalue weighted by molar-refractivity contribution is 5.91. The van der Waals surface area contributed by atoms with Crippen molar-refractivity contribution in [1.82, 2.24) is 4.98 Å². The van der Waals surface area contributed by atoms with Crippen molar-refractivity contribution in [3.8, 4) is 11.8 Å². The molecule has 0 radical (unpaired) electrons. The van der Waals surface area contributed by atoms with Gasteiger partial charge < -0.3 is 14.8 Å². The first-order valence-corrected chi connectivity index (χ1v) is 6.28. The van der Waals surface area contributed by atoms with Crippen LogP contribution in [-0.4, -0.2) is 43.6 Å². The number of carbonyl (C=O) groups excluding carboxylic acids is 1. The van der Waals surface area contributed by atoms with Crippen molar-refractivity contribution in [2.45, 2.75) is 18.8 Å². The van der Waals surface area contributed by atoms with Crippen LogP contribution in [0.15, 0.2) is 12.3 Å². The van der Waals surface area contributed by atoms with Gasteiger partial charge in [0.25, 0.3) is 0 Å². The monoisotopic (exact) mass is 335 g/mol. The zero-order valence-corrected chi connectivity index (χ0v) is 12.0. The second-order valence-electron chi connectivity index (χ2n) is 4.26. The summed E-state index contributed by atoms with van der Waals surface area (Å²) < 4.78 is 58.2. The lowest BCUT2D eigenvalue weighted by Crippen LogP contribution is -2.32. The molecule has 0 unspecified atom stereocenters. The van der Waals surface area contributed by atoms with Crippen LogP contribution in [0, 0.1) is 11.3 Å². The summed E-state index contributed by atoms with van der Waals surface area (Å²) in [7, 11) is 1.33. The maximum absolute atomic E-state index is 12.6. The Morgan fingerprint density at radius 1 is 1.52 bits per heavy atom. The summed E-state index contributed by atoms with van der Waals surface area (Å²) in [6.45, 7) is -1.97. The predicted octanol–water partition coefficient (Wildman–Crippen LogP) is 2.21. The molecule has 1 rings (SSSR count). The van der Waals surface area contributed by atoms with Crippen molar-refractivity contribution in [3.05, 3.63) is 17.8 Å². The lowest BCUT2D eigenvalue weighted by Gasteiger charge is -2.15. The van der Waals surface area contributed by atoms with Crippen LogP contribution in [0.5, 0.6) is 5.75 Å². The van der Waals surface area contributed by atoms with Crippen LogP contribution in [0.1, 0.15) is 12.0 Å². The number of carbonyl (C=O) groups is 1. The fraction of sp³-hybridized carbons (Fsp3) is 0.462. The van der Waals surface area contributed by atoms with Gasteiger partial charge in [-0.1, -0.05) is 0 Å². The number of alkyl halides is 4. The number of nitrogens with one attached hydrogen (secondary N) is 1. The fourth-order valence-corrected chi connectivity index (χ4v) is 1.45. The number of halogens is 4. The van der Waals surface area contributed by atoms with E-state index in [1.807, 2.05) is 0 Å². The second-order valence-corrected chi connectivity index (χ2v) is 4.26. The van der Waals surface area contributed by atoms with Crippen LogP contribution in [0.3, 0.4) is 0 Å². The lowest BCUT2D eigenvalue weighted by molar-refractivity contribution is -0.166. The number of nitrogens with zero attached hydrogens (tertiary/aromatic N) is 2. The number of rotatable bonds is 8. The SMILES string of the molecule is COc1ccnc(NC(=O)CCOCC(F)(F)C(F)F)c1C#N. The molecule has 0 aliphatic carbocycles. The van der Waals surface area contributed by atoms with E-state index in [1.54, 1.807) is 6.07 Å². The van der Waals surface area contributed by atoms with Gasteiger partial charge in [0.2, 0.25) is 5.91 Å². The van der Waals surface area contributed by atoms with E-state index in [-0.39, 0.29) is 23.6 Å². The average molecular weight is 335 g/mol. The van der Waals surface area contributed by atoms with E-state index in [0.29, 0.717) is 0 Å². The van der Waals surface area contributed by atoms with Crippen molar-refractivity contribution in [2.75, 3.05) is 25.6 Å². The van der Waals surface area contributed by atoms with E-state index >= 15 is 0 Å². The Labute approximate surface area is 129 Å². The molecule has 0 aromatic carbocycles. The van der Waals surface area contributed by atoms with Crippen molar-refractivity contribution in [2.24, 2.45) is 0 Å². The molecule has 0 aliphatic heterocycles. The van der Waals surface area contributed by atoms with Gasteiger partial charge in [-0.15, -0.1) is 0 Å². The van der Waals surface area contributed by atoms with Gasteiger partial charge in [-0.05, 0) is 6.07 Å².